The quantitative estimate of drug-likeness (QED) is 0.907. The second kappa shape index (κ2) is 5.58. The van der Waals surface area contributed by atoms with Gasteiger partial charge in [0.15, 0.2) is 0 Å². The molecule has 0 aliphatic heterocycles. The zero-order chi connectivity index (χ0) is 13.2. The predicted molar refractivity (Wildman–Crippen MR) is 77.4 cm³/mol. The fourth-order valence-corrected chi connectivity index (χ4v) is 3.71. The molecule has 104 valence electrons. The standard InChI is InChI=1S/C16H25N3/c1-11-14-9-12(10-17-2)7-8-15(14)19-16(18-11)13-5-3-4-6-13/h12-13,17H,3-10H2,1-2H3. The number of hydrogen-bond donors (Lipinski definition) is 1. The van der Waals surface area contributed by atoms with E-state index in [9.17, 15) is 0 Å². The van der Waals surface area contributed by atoms with E-state index >= 15 is 0 Å². The molecule has 0 radical (unpaired) electrons. The number of nitrogens with one attached hydrogen (secondary N) is 1. The van der Waals surface area contributed by atoms with E-state index < -0.39 is 0 Å². The molecule has 1 unspecified atom stereocenters. The van der Waals surface area contributed by atoms with Gasteiger partial charge in [0.05, 0.1) is 0 Å². The molecular formula is C16H25N3. The Morgan fingerprint density at radius 3 is 2.68 bits per heavy atom. The molecule has 3 nitrogen and oxygen atoms in total. The maximum Gasteiger partial charge on any atom is 0.131 e. The summed E-state index contributed by atoms with van der Waals surface area (Å²) in [6, 6.07) is 0. The fraction of sp³-hybridized carbons (Fsp3) is 0.750. The summed E-state index contributed by atoms with van der Waals surface area (Å²) in [7, 11) is 2.04. The molecule has 19 heavy (non-hydrogen) atoms. The molecule has 3 heteroatoms. The van der Waals surface area contributed by atoms with E-state index in [0.717, 1.165) is 31.1 Å². The van der Waals surface area contributed by atoms with Crippen molar-refractivity contribution >= 4 is 0 Å². The minimum atomic E-state index is 0.638. The largest absolute Gasteiger partial charge is 0.319 e. The number of rotatable bonds is 3. The smallest absolute Gasteiger partial charge is 0.131 e. The second-order valence-corrected chi connectivity index (χ2v) is 6.24. The molecule has 2 aliphatic rings. The zero-order valence-electron chi connectivity index (χ0n) is 12.2. The van der Waals surface area contributed by atoms with Crippen molar-refractivity contribution in [3.05, 3.63) is 22.8 Å². The molecule has 1 heterocycles. The summed E-state index contributed by atoms with van der Waals surface area (Å²) in [5.41, 5.74) is 4.03. The first-order chi connectivity index (χ1) is 9.28. The Morgan fingerprint density at radius 1 is 1.16 bits per heavy atom. The molecule has 1 saturated carbocycles. The molecule has 1 aromatic rings. The van der Waals surface area contributed by atoms with Gasteiger partial charge in [-0.2, -0.15) is 0 Å². The molecule has 3 rings (SSSR count). The Balaban J connectivity index is 1.84. The van der Waals surface area contributed by atoms with E-state index in [0.29, 0.717) is 5.92 Å². The lowest BCUT2D eigenvalue weighted by Crippen LogP contribution is -2.26. The molecule has 0 aromatic carbocycles. The van der Waals surface area contributed by atoms with Crippen molar-refractivity contribution in [2.75, 3.05) is 13.6 Å². The average molecular weight is 259 g/mol. The van der Waals surface area contributed by atoms with E-state index in [2.05, 4.69) is 12.2 Å². The number of nitrogens with zero attached hydrogens (tertiary/aromatic N) is 2. The van der Waals surface area contributed by atoms with Crippen LogP contribution in [-0.4, -0.2) is 23.6 Å². The normalized spacial score (nSPS) is 23.6. The van der Waals surface area contributed by atoms with Crippen molar-refractivity contribution in [3.63, 3.8) is 0 Å². The number of aryl methyl sites for hydroxylation is 2. The molecule has 1 aromatic heterocycles. The number of fused-ring (bicyclic) bond motifs is 1. The minimum Gasteiger partial charge on any atom is -0.319 e. The molecule has 0 amide bonds. The molecule has 2 aliphatic carbocycles. The van der Waals surface area contributed by atoms with Crippen LogP contribution in [-0.2, 0) is 12.8 Å². The summed E-state index contributed by atoms with van der Waals surface area (Å²) in [6.45, 7) is 3.30. The molecule has 0 spiro atoms. The SMILES string of the molecule is CNCC1CCc2nc(C3CCCC3)nc(C)c2C1. The first kappa shape index (κ1) is 13.0. The van der Waals surface area contributed by atoms with Gasteiger partial charge in [-0.15, -0.1) is 0 Å². The topological polar surface area (TPSA) is 37.8 Å². The first-order valence-corrected chi connectivity index (χ1v) is 7.79. The first-order valence-electron chi connectivity index (χ1n) is 7.79. The molecular weight excluding hydrogens is 234 g/mol. The van der Waals surface area contributed by atoms with Crippen LogP contribution in [0.1, 0.15) is 60.8 Å². The van der Waals surface area contributed by atoms with Crippen LogP contribution in [0.4, 0.5) is 0 Å². The van der Waals surface area contributed by atoms with Crippen LogP contribution in [0.25, 0.3) is 0 Å². The lowest BCUT2D eigenvalue weighted by atomic mass is 9.85. The minimum absolute atomic E-state index is 0.638. The Bertz CT molecular complexity index is 450. The van der Waals surface area contributed by atoms with Crippen LogP contribution in [0.2, 0.25) is 0 Å². The van der Waals surface area contributed by atoms with Gasteiger partial charge < -0.3 is 5.32 Å². The van der Waals surface area contributed by atoms with Crippen molar-refractivity contribution in [2.45, 2.75) is 57.8 Å². The molecule has 1 atom stereocenters. The second-order valence-electron chi connectivity index (χ2n) is 6.24. The van der Waals surface area contributed by atoms with Crippen LogP contribution in [0.5, 0.6) is 0 Å². The molecule has 0 saturated heterocycles. The van der Waals surface area contributed by atoms with Crippen LogP contribution in [0, 0.1) is 12.8 Å². The van der Waals surface area contributed by atoms with E-state index in [1.165, 1.54) is 49.1 Å². The summed E-state index contributed by atoms with van der Waals surface area (Å²) in [6.07, 6.45) is 8.87. The van der Waals surface area contributed by atoms with Crippen molar-refractivity contribution < 1.29 is 0 Å². The highest BCUT2D eigenvalue weighted by molar-refractivity contribution is 5.29. The van der Waals surface area contributed by atoms with Gasteiger partial charge in [0, 0.05) is 17.3 Å². The van der Waals surface area contributed by atoms with Crippen LogP contribution in [0.3, 0.4) is 0 Å². The average Bonchev–Trinajstić information content (AvgIpc) is 2.93. The highest BCUT2D eigenvalue weighted by atomic mass is 14.9. The van der Waals surface area contributed by atoms with Gasteiger partial charge in [0.2, 0.25) is 0 Å². The maximum atomic E-state index is 4.92. The molecule has 1 N–H and O–H groups in total. The maximum absolute atomic E-state index is 4.92. The fourth-order valence-electron chi connectivity index (χ4n) is 3.71. The third-order valence-electron chi connectivity index (χ3n) is 4.81. The van der Waals surface area contributed by atoms with E-state index in [1.54, 1.807) is 0 Å². The predicted octanol–water partition coefficient (Wildman–Crippen LogP) is 2.77. The number of aromatic nitrogens is 2. The van der Waals surface area contributed by atoms with Gasteiger partial charge in [0.1, 0.15) is 5.82 Å². The van der Waals surface area contributed by atoms with Crippen molar-refractivity contribution in [3.8, 4) is 0 Å². The van der Waals surface area contributed by atoms with Gasteiger partial charge in [-0.1, -0.05) is 12.8 Å². The van der Waals surface area contributed by atoms with Gasteiger partial charge in [-0.3, -0.25) is 0 Å². The highest BCUT2D eigenvalue weighted by Crippen LogP contribution is 2.34. The van der Waals surface area contributed by atoms with E-state index in [4.69, 9.17) is 9.97 Å². The summed E-state index contributed by atoms with van der Waals surface area (Å²) in [5, 5.41) is 3.30. The monoisotopic (exact) mass is 259 g/mol. The highest BCUT2D eigenvalue weighted by Gasteiger charge is 2.25. The Morgan fingerprint density at radius 2 is 1.95 bits per heavy atom. The lowest BCUT2D eigenvalue weighted by molar-refractivity contribution is 0.430. The van der Waals surface area contributed by atoms with Gasteiger partial charge in [-0.05, 0) is 64.1 Å². The van der Waals surface area contributed by atoms with Crippen molar-refractivity contribution in [1.29, 1.82) is 0 Å². The Labute approximate surface area is 116 Å². The molecule has 1 fully saturated rings. The third kappa shape index (κ3) is 2.66. The Kier molecular flexibility index (Phi) is 3.83. The summed E-state index contributed by atoms with van der Waals surface area (Å²) in [5.74, 6) is 2.54. The Hall–Kier alpha value is -0.960. The van der Waals surface area contributed by atoms with Crippen LogP contribution >= 0.6 is 0 Å². The lowest BCUT2D eigenvalue weighted by Gasteiger charge is -2.25. The van der Waals surface area contributed by atoms with Crippen molar-refractivity contribution in [1.82, 2.24) is 15.3 Å². The van der Waals surface area contributed by atoms with E-state index in [1.807, 2.05) is 7.05 Å². The van der Waals surface area contributed by atoms with Gasteiger partial charge in [0.25, 0.3) is 0 Å². The summed E-state index contributed by atoms with van der Waals surface area (Å²) in [4.78, 5) is 9.75. The summed E-state index contributed by atoms with van der Waals surface area (Å²) < 4.78 is 0. The third-order valence-corrected chi connectivity index (χ3v) is 4.81. The molecule has 0 bridgehead atoms. The van der Waals surface area contributed by atoms with Crippen LogP contribution < -0.4 is 5.32 Å². The number of hydrogen-bond acceptors (Lipinski definition) is 3. The van der Waals surface area contributed by atoms with Gasteiger partial charge >= 0.3 is 0 Å². The van der Waals surface area contributed by atoms with Gasteiger partial charge in [-0.25, -0.2) is 9.97 Å². The summed E-state index contributed by atoms with van der Waals surface area (Å²) >= 11 is 0. The van der Waals surface area contributed by atoms with Crippen LogP contribution in [0.15, 0.2) is 0 Å². The van der Waals surface area contributed by atoms with Crippen molar-refractivity contribution in [2.24, 2.45) is 5.92 Å². The van der Waals surface area contributed by atoms with E-state index in [-0.39, 0.29) is 0 Å². The zero-order valence-corrected chi connectivity index (χ0v) is 12.2.